The molecule has 0 aromatic heterocycles. The molecule has 0 saturated heterocycles. The minimum absolute atomic E-state index is 0.0654. The van der Waals surface area contributed by atoms with Gasteiger partial charge in [-0.25, -0.2) is 8.78 Å². The van der Waals surface area contributed by atoms with Crippen LogP contribution in [0.15, 0.2) is 46.9 Å². The van der Waals surface area contributed by atoms with Gasteiger partial charge in [-0.15, -0.1) is 0 Å². The smallest absolute Gasteiger partial charge is 0.162 e. The van der Waals surface area contributed by atoms with E-state index in [0.29, 0.717) is 12.0 Å². The second-order valence-electron chi connectivity index (χ2n) is 3.91. The third kappa shape index (κ3) is 2.98. The van der Waals surface area contributed by atoms with Gasteiger partial charge < -0.3 is 0 Å². The van der Waals surface area contributed by atoms with Crippen molar-refractivity contribution >= 4 is 31.9 Å². The number of alkyl halides is 1. The molecule has 2 aromatic rings. The van der Waals surface area contributed by atoms with Crippen molar-refractivity contribution in [3.63, 3.8) is 0 Å². The lowest BCUT2D eigenvalue weighted by molar-refractivity contribution is 0.498. The molecule has 0 aliphatic carbocycles. The summed E-state index contributed by atoms with van der Waals surface area (Å²) in [5, 5.41) is 0. The molecule has 4 heteroatoms. The molecule has 18 heavy (non-hydrogen) atoms. The highest BCUT2D eigenvalue weighted by atomic mass is 79.9. The summed E-state index contributed by atoms with van der Waals surface area (Å²) in [6.07, 6.45) is 0.395. The quantitative estimate of drug-likeness (QED) is 0.629. The fraction of sp³-hybridized carbons (Fsp3) is 0.143. The number of hydrogen-bond donors (Lipinski definition) is 0. The van der Waals surface area contributed by atoms with Crippen LogP contribution in [0.5, 0.6) is 0 Å². The van der Waals surface area contributed by atoms with E-state index in [0.717, 1.165) is 16.1 Å². The Morgan fingerprint density at radius 3 is 2.44 bits per heavy atom. The van der Waals surface area contributed by atoms with Gasteiger partial charge in [-0.05, 0) is 29.7 Å². The molecule has 0 nitrogen and oxygen atoms in total. The summed E-state index contributed by atoms with van der Waals surface area (Å²) in [6.45, 7) is 0. The van der Waals surface area contributed by atoms with Crippen LogP contribution in [0.4, 0.5) is 8.78 Å². The summed E-state index contributed by atoms with van der Waals surface area (Å²) in [6, 6.07) is 11.9. The molecule has 2 aromatic carbocycles. The van der Waals surface area contributed by atoms with Gasteiger partial charge in [0.1, 0.15) is 0 Å². The predicted octanol–water partition coefficient (Wildman–Crippen LogP) is 5.41. The van der Waals surface area contributed by atoms with E-state index in [9.17, 15) is 8.78 Å². The second kappa shape index (κ2) is 5.93. The van der Waals surface area contributed by atoms with Crippen molar-refractivity contribution in [1.29, 1.82) is 0 Å². The van der Waals surface area contributed by atoms with E-state index >= 15 is 0 Å². The van der Waals surface area contributed by atoms with Gasteiger partial charge in [0.05, 0.1) is 0 Å². The van der Waals surface area contributed by atoms with E-state index in [2.05, 4.69) is 31.9 Å². The van der Waals surface area contributed by atoms with Crippen LogP contribution in [-0.4, -0.2) is 0 Å². The van der Waals surface area contributed by atoms with Gasteiger partial charge in [0, 0.05) is 9.30 Å². The minimum atomic E-state index is -0.806. The molecule has 0 aliphatic rings. The molecular formula is C14H10Br2F2. The first-order valence-corrected chi connectivity index (χ1v) is 7.12. The van der Waals surface area contributed by atoms with Crippen molar-refractivity contribution in [3.8, 4) is 0 Å². The second-order valence-corrected chi connectivity index (χ2v) is 5.87. The summed E-state index contributed by atoms with van der Waals surface area (Å²) in [4.78, 5) is -0.0654. The summed E-state index contributed by atoms with van der Waals surface area (Å²) in [5.41, 5.74) is 1.38. The molecular weight excluding hydrogens is 366 g/mol. The van der Waals surface area contributed by atoms with Crippen LogP contribution in [0.2, 0.25) is 0 Å². The van der Waals surface area contributed by atoms with Crippen LogP contribution in [0.25, 0.3) is 0 Å². The summed E-state index contributed by atoms with van der Waals surface area (Å²) < 4.78 is 27.6. The van der Waals surface area contributed by atoms with E-state index in [1.54, 1.807) is 6.07 Å². The molecule has 0 saturated carbocycles. The largest absolute Gasteiger partial charge is 0.204 e. The highest BCUT2D eigenvalue weighted by Crippen LogP contribution is 2.33. The maximum Gasteiger partial charge on any atom is 0.162 e. The third-order valence-electron chi connectivity index (χ3n) is 2.67. The number of rotatable bonds is 3. The first-order chi connectivity index (χ1) is 8.59. The van der Waals surface area contributed by atoms with Gasteiger partial charge in [0.2, 0.25) is 0 Å². The lowest BCUT2D eigenvalue weighted by Gasteiger charge is -2.13. The van der Waals surface area contributed by atoms with Gasteiger partial charge >= 0.3 is 0 Å². The zero-order chi connectivity index (χ0) is 13.1. The topological polar surface area (TPSA) is 0 Å². The minimum Gasteiger partial charge on any atom is -0.204 e. The van der Waals surface area contributed by atoms with Crippen molar-refractivity contribution in [1.82, 2.24) is 0 Å². The Morgan fingerprint density at radius 1 is 1.00 bits per heavy atom. The Balaban J connectivity index is 2.24. The number of benzene rings is 2. The molecule has 2 rings (SSSR count). The maximum absolute atomic E-state index is 13.6. The van der Waals surface area contributed by atoms with Crippen LogP contribution in [-0.2, 0) is 6.42 Å². The average Bonchev–Trinajstić information content (AvgIpc) is 2.35. The zero-order valence-electron chi connectivity index (χ0n) is 9.34. The Morgan fingerprint density at radius 2 is 1.72 bits per heavy atom. The van der Waals surface area contributed by atoms with Gasteiger partial charge in [0.15, 0.2) is 11.6 Å². The lowest BCUT2D eigenvalue weighted by Crippen LogP contribution is -2.00. The van der Waals surface area contributed by atoms with Crippen molar-refractivity contribution in [2.24, 2.45) is 0 Å². The predicted molar refractivity (Wildman–Crippen MR) is 75.9 cm³/mol. The van der Waals surface area contributed by atoms with Gasteiger partial charge in [-0.1, -0.05) is 62.2 Å². The van der Waals surface area contributed by atoms with E-state index < -0.39 is 11.6 Å². The Labute approximate surface area is 121 Å². The zero-order valence-corrected chi connectivity index (χ0v) is 12.5. The Hall–Kier alpha value is -0.740. The molecule has 0 heterocycles. The van der Waals surface area contributed by atoms with Gasteiger partial charge in [0.25, 0.3) is 0 Å². The normalized spacial score (nSPS) is 12.4. The van der Waals surface area contributed by atoms with E-state index in [1.807, 2.05) is 24.3 Å². The third-order valence-corrected chi connectivity index (χ3v) is 4.21. The first kappa shape index (κ1) is 13.7. The first-order valence-electron chi connectivity index (χ1n) is 5.41. The van der Waals surface area contributed by atoms with Gasteiger partial charge in [-0.2, -0.15) is 0 Å². The molecule has 0 amide bonds. The van der Waals surface area contributed by atoms with Crippen LogP contribution < -0.4 is 0 Å². The molecule has 0 bridgehead atoms. The van der Waals surface area contributed by atoms with Crippen molar-refractivity contribution in [2.75, 3.05) is 0 Å². The molecule has 0 fully saturated rings. The van der Waals surface area contributed by atoms with Crippen LogP contribution in [0, 0.1) is 11.6 Å². The summed E-state index contributed by atoms with van der Waals surface area (Å²) in [5.74, 6) is -1.58. The fourth-order valence-corrected chi connectivity index (χ4v) is 3.35. The molecule has 1 atom stereocenters. The lowest BCUT2D eigenvalue weighted by atomic mass is 10.0. The number of hydrogen-bond acceptors (Lipinski definition) is 0. The summed E-state index contributed by atoms with van der Waals surface area (Å²) in [7, 11) is 0. The number of halogens is 4. The molecule has 0 spiro atoms. The molecule has 0 radical (unpaired) electrons. The van der Waals surface area contributed by atoms with Crippen molar-refractivity contribution in [2.45, 2.75) is 11.2 Å². The van der Waals surface area contributed by atoms with E-state index in [4.69, 9.17) is 0 Å². The average molecular weight is 376 g/mol. The van der Waals surface area contributed by atoms with Crippen LogP contribution in [0.1, 0.15) is 16.0 Å². The summed E-state index contributed by atoms with van der Waals surface area (Å²) >= 11 is 6.96. The standard InChI is InChI=1S/C14H10Br2F2/c15-11-6-2-1-5-10(11)12(16)8-9-4-3-7-13(17)14(9)18/h1-7,12H,8H2. The fourth-order valence-electron chi connectivity index (χ4n) is 1.74. The van der Waals surface area contributed by atoms with E-state index in [-0.39, 0.29) is 4.83 Å². The maximum atomic E-state index is 13.6. The van der Waals surface area contributed by atoms with Crippen molar-refractivity contribution in [3.05, 3.63) is 69.7 Å². The molecule has 0 N–H and O–H groups in total. The van der Waals surface area contributed by atoms with Crippen LogP contribution in [0.3, 0.4) is 0 Å². The van der Waals surface area contributed by atoms with Crippen molar-refractivity contribution < 1.29 is 8.78 Å². The van der Waals surface area contributed by atoms with Crippen LogP contribution >= 0.6 is 31.9 Å². The van der Waals surface area contributed by atoms with E-state index in [1.165, 1.54) is 6.07 Å². The van der Waals surface area contributed by atoms with Gasteiger partial charge in [-0.3, -0.25) is 0 Å². The monoisotopic (exact) mass is 374 g/mol. The highest BCUT2D eigenvalue weighted by Gasteiger charge is 2.15. The highest BCUT2D eigenvalue weighted by molar-refractivity contribution is 9.11. The molecule has 1 unspecified atom stereocenters. The molecule has 94 valence electrons. The SMILES string of the molecule is Fc1cccc(CC(Br)c2ccccc2Br)c1F. The Bertz CT molecular complexity index is 555. The Kier molecular flexibility index (Phi) is 4.51. The molecule has 0 aliphatic heterocycles.